The summed E-state index contributed by atoms with van der Waals surface area (Å²) < 4.78 is 12.8. The van der Waals surface area contributed by atoms with Crippen molar-refractivity contribution >= 4 is 17.7 Å². The lowest BCUT2D eigenvalue weighted by molar-refractivity contribution is -0.151. The topological polar surface area (TPSA) is 57.7 Å². The lowest BCUT2D eigenvalue weighted by atomic mass is 10.0. The summed E-state index contributed by atoms with van der Waals surface area (Å²) in [6, 6.07) is 5.63. The molecule has 0 saturated carbocycles. The van der Waals surface area contributed by atoms with E-state index >= 15 is 0 Å². The number of rotatable bonds is 3. The average molecular weight is 290 g/mol. The van der Waals surface area contributed by atoms with Gasteiger partial charge in [-0.05, 0) is 17.7 Å². The summed E-state index contributed by atoms with van der Waals surface area (Å²) in [6.45, 7) is 0.801. The Hall–Kier alpha value is -2.24. The largest absolute Gasteiger partial charge is 0.338 e. The molecular weight excluding hydrogens is 275 g/mol. The fraction of sp³-hybridized carbons (Fsp3) is 0.400. The number of hydrogen-bond donors (Lipinski definition) is 0. The van der Waals surface area contributed by atoms with E-state index in [4.69, 9.17) is 0 Å². The minimum Gasteiger partial charge on any atom is -0.338 e. The molecule has 0 bridgehead atoms. The smallest absolute Gasteiger partial charge is 0.230 e. The van der Waals surface area contributed by atoms with E-state index in [9.17, 15) is 18.8 Å². The number of hydrogen-bond acceptors (Lipinski definition) is 3. The first-order valence-electron chi connectivity index (χ1n) is 6.91. The molecule has 1 aromatic carbocycles. The van der Waals surface area contributed by atoms with Gasteiger partial charge >= 0.3 is 0 Å². The van der Waals surface area contributed by atoms with Gasteiger partial charge in [0.15, 0.2) is 0 Å². The van der Waals surface area contributed by atoms with Crippen molar-refractivity contribution in [3.05, 3.63) is 35.6 Å². The van der Waals surface area contributed by atoms with Gasteiger partial charge in [0.1, 0.15) is 5.82 Å². The summed E-state index contributed by atoms with van der Waals surface area (Å²) in [4.78, 5) is 38.1. The van der Waals surface area contributed by atoms with E-state index in [-0.39, 0.29) is 48.8 Å². The van der Waals surface area contributed by atoms with Crippen LogP contribution in [0, 0.1) is 5.82 Å². The summed E-state index contributed by atoms with van der Waals surface area (Å²) >= 11 is 0. The molecule has 2 aliphatic rings. The van der Waals surface area contributed by atoms with Crippen molar-refractivity contribution in [1.29, 1.82) is 0 Å². The predicted molar refractivity (Wildman–Crippen MR) is 71.6 cm³/mol. The number of carbonyl (C=O) groups is 3. The van der Waals surface area contributed by atoms with E-state index in [1.165, 1.54) is 17.0 Å². The van der Waals surface area contributed by atoms with Crippen molar-refractivity contribution in [3.8, 4) is 0 Å². The van der Waals surface area contributed by atoms with Crippen LogP contribution in [-0.2, 0) is 20.8 Å². The number of amides is 3. The Kier molecular flexibility index (Phi) is 3.45. The Balaban J connectivity index is 1.54. The zero-order valence-corrected chi connectivity index (χ0v) is 11.4. The van der Waals surface area contributed by atoms with Gasteiger partial charge in [-0.1, -0.05) is 12.1 Å². The molecule has 3 amide bonds. The van der Waals surface area contributed by atoms with Crippen LogP contribution in [0.4, 0.5) is 4.39 Å². The van der Waals surface area contributed by atoms with Gasteiger partial charge in [-0.25, -0.2) is 4.39 Å². The monoisotopic (exact) mass is 290 g/mol. The molecule has 0 N–H and O–H groups in total. The van der Waals surface area contributed by atoms with Crippen LogP contribution in [0.1, 0.15) is 18.4 Å². The van der Waals surface area contributed by atoms with E-state index < -0.39 is 0 Å². The third kappa shape index (κ3) is 2.66. The number of halogens is 1. The maximum Gasteiger partial charge on any atom is 0.230 e. The first-order chi connectivity index (χ1) is 10.0. The Morgan fingerprint density at radius 2 is 1.67 bits per heavy atom. The molecule has 2 saturated heterocycles. The molecule has 0 radical (unpaired) electrons. The van der Waals surface area contributed by atoms with Crippen molar-refractivity contribution < 1.29 is 18.8 Å². The van der Waals surface area contributed by atoms with E-state index in [1.54, 1.807) is 17.0 Å². The third-order valence-corrected chi connectivity index (χ3v) is 3.94. The Morgan fingerprint density at radius 1 is 1.10 bits per heavy atom. The molecule has 3 rings (SSSR count). The fourth-order valence-corrected chi connectivity index (χ4v) is 2.71. The summed E-state index contributed by atoms with van der Waals surface area (Å²) in [5.41, 5.74) is 0.748. The van der Waals surface area contributed by atoms with Gasteiger partial charge in [-0.3, -0.25) is 19.3 Å². The Morgan fingerprint density at radius 3 is 2.24 bits per heavy atom. The van der Waals surface area contributed by atoms with Crippen LogP contribution in [0.25, 0.3) is 0 Å². The van der Waals surface area contributed by atoms with Crippen LogP contribution in [0.2, 0.25) is 0 Å². The first-order valence-corrected chi connectivity index (χ1v) is 6.91. The minimum atomic E-state index is -0.332. The van der Waals surface area contributed by atoms with Crippen molar-refractivity contribution in [2.45, 2.75) is 25.3 Å². The summed E-state index contributed by atoms with van der Waals surface area (Å²) in [7, 11) is 0. The first kappa shape index (κ1) is 13.7. The summed E-state index contributed by atoms with van der Waals surface area (Å²) in [5.74, 6) is -0.690. The van der Waals surface area contributed by atoms with Gasteiger partial charge in [0.25, 0.3) is 0 Å². The van der Waals surface area contributed by atoms with Gasteiger partial charge in [0.05, 0.1) is 12.5 Å². The summed E-state index contributed by atoms with van der Waals surface area (Å²) in [6.07, 6.45) is 0.757. The van der Waals surface area contributed by atoms with Crippen LogP contribution in [0.5, 0.6) is 0 Å². The van der Waals surface area contributed by atoms with Crippen LogP contribution in [-0.4, -0.2) is 46.7 Å². The van der Waals surface area contributed by atoms with E-state index in [0.717, 1.165) is 5.56 Å². The number of likely N-dealkylation sites (tertiary alicyclic amines) is 2. The van der Waals surface area contributed by atoms with Gasteiger partial charge in [-0.15, -0.1) is 0 Å². The SMILES string of the molecule is O=C(Cc1ccc(F)cc1)N1CC(N2C(=O)CCC2=O)C1. The Labute approximate surface area is 121 Å². The maximum atomic E-state index is 12.8. The molecule has 0 aliphatic carbocycles. The highest BCUT2D eigenvalue weighted by Gasteiger charge is 2.42. The van der Waals surface area contributed by atoms with Gasteiger partial charge < -0.3 is 4.90 Å². The van der Waals surface area contributed by atoms with Crippen molar-refractivity contribution in [3.63, 3.8) is 0 Å². The lowest BCUT2D eigenvalue weighted by Gasteiger charge is -2.43. The highest BCUT2D eigenvalue weighted by molar-refractivity contribution is 6.02. The van der Waals surface area contributed by atoms with Crippen molar-refractivity contribution in [1.82, 2.24) is 9.80 Å². The molecule has 2 aliphatic heterocycles. The Bertz CT molecular complexity index is 577. The highest BCUT2D eigenvalue weighted by Crippen LogP contribution is 2.23. The molecule has 2 fully saturated rings. The third-order valence-electron chi connectivity index (χ3n) is 3.94. The lowest BCUT2D eigenvalue weighted by Crippen LogP contribution is -2.62. The molecule has 0 spiro atoms. The number of imide groups is 1. The zero-order valence-electron chi connectivity index (χ0n) is 11.4. The van der Waals surface area contributed by atoms with E-state index in [2.05, 4.69) is 0 Å². The molecule has 110 valence electrons. The summed E-state index contributed by atoms with van der Waals surface area (Å²) in [5, 5.41) is 0. The van der Waals surface area contributed by atoms with E-state index in [0.29, 0.717) is 13.1 Å². The predicted octanol–water partition coefficient (Wildman–Crippen LogP) is 0.728. The second-order valence-corrected chi connectivity index (χ2v) is 5.41. The second-order valence-electron chi connectivity index (χ2n) is 5.41. The molecule has 0 aromatic heterocycles. The molecule has 2 heterocycles. The van der Waals surface area contributed by atoms with Crippen molar-refractivity contribution in [2.24, 2.45) is 0 Å². The maximum absolute atomic E-state index is 12.8. The average Bonchev–Trinajstić information content (AvgIpc) is 2.72. The highest BCUT2D eigenvalue weighted by atomic mass is 19.1. The van der Waals surface area contributed by atoms with Crippen LogP contribution in [0.3, 0.4) is 0 Å². The quantitative estimate of drug-likeness (QED) is 0.771. The molecule has 1 aromatic rings. The van der Waals surface area contributed by atoms with Crippen molar-refractivity contribution in [2.75, 3.05) is 13.1 Å². The molecular formula is C15H15FN2O3. The second kappa shape index (κ2) is 5.27. The van der Waals surface area contributed by atoms with Gasteiger partial charge in [-0.2, -0.15) is 0 Å². The zero-order chi connectivity index (χ0) is 15.0. The normalized spacial score (nSPS) is 19.1. The van der Waals surface area contributed by atoms with Gasteiger partial charge in [0, 0.05) is 25.9 Å². The minimum absolute atomic E-state index is 0.0723. The molecule has 6 heteroatoms. The van der Waals surface area contributed by atoms with Crippen LogP contribution >= 0.6 is 0 Å². The number of nitrogens with zero attached hydrogens (tertiary/aromatic N) is 2. The molecule has 0 atom stereocenters. The molecule has 5 nitrogen and oxygen atoms in total. The van der Waals surface area contributed by atoms with Crippen LogP contribution in [0.15, 0.2) is 24.3 Å². The number of benzene rings is 1. The van der Waals surface area contributed by atoms with Gasteiger partial charge in [0.2, 0.25) is 17.7 Å². The standard InChI is InChI=1S/C15H15FN2O3/c16-11-3-1-10(2-4-11)7-15(21)17-8-12(9-17)18-13(19)5-6-14(18)20/h1-4,12H,5-9H2. The number of carbonyl (C=O) groups excluding carboxylic acids is 3. The molecule has 0 unspecified atom stereocenters. The molecule has 21 heavy (non-hydrogen) atoms. The fourth-order valence-electron chi connectivity index (χ4n) is 2.71. The van der Waals surface area contributed by atoms with Crippen LogP contribution < -0.4 is 0 Å². The van der Waals surface area contributed by atoms with E-state index in [1.807, 2.05) is 0 Å².